The zero-order chi connectivity index (χ0) is 41.2. The van der Waals surface area contributed by atoms with Crippen LogP contribution in [-0.2, 0) is 9.57 Å². The fourth-order valence-electron chi connectivity index (χ4n) is 8.65. The highest BCUT2D eigenvalue weighted by atomic mass is 32.2. The summed E-state index contributed by atoms with van der Waals surface area (Å²) in [7, 11) is 1.62. The Labute approximate surface area is 343 Å². The Balaban J connectivity index is 1.51. The summed E-state index contributed by atoms with van der Waals surface area (Å²) < 4.78 is 26.3. The van der Waals surface area contributed by atoms with Gasteiger partial charge in [0.15, 0.2) is 0 Å². The van der Waals surface area contributed by atoms with Crippen molar-refractivity contribution in [3.05, 3.63) is 107 Å². The first kappa shape index (κ1) is 42.7. The number of nitro groups is 1. The number of thioether (sulfide) groups is 1. The topological polar surface area (TPSA) is 162 Å². The first-order valence-electron chi connectivity index (χ1n) is 19.9. The van der Waals surface area contributed by atoms with Crippen molar-refractivity contribution >= 4 is 29.3 Å². The Morgan fingerprint density at radius 2 is 1.72 bits per heavy atom. The molecule has 1 fully saturated rings. The van der Waals surface area contributed by atoms with E-state index >= 15 is 0 Å². The van der Waals surface area contributed by atoms with Crippen LogP contribution in [0.25, 0.3) is 0 Å². The van der Waals surface area contributed by atoms with E-state index in [9.17, 15) is 25.1 Å². The van der Waals surface area contributed by atoms with Gasteiger partial charge in [0.05, 0.1) is 23.2 Å². The molecule has 3 aromatic rings. The van der Waals surface area contributed by atoms with Crippen molar-refractivity contribution in [1.82, 2.24) is 4.90 Å². The van der Waals surface area contributed by atoms with Gasteiger partial charge in [0.1, 0.15) is 35.6 Å². The van der Waals surface area contributed by atoms with E-state index < -0.39 is 28.8 Å². The summed E-state index contributed by atoms with van der Waals surface area (Å²) in [4.78, 5) is 33.2. The molecule has 1 amide bonds. The highest BCUT2D eigenvalue weighted by Crippen LogP contribution is 2.62. The van der Waals surface area contributed by atoms with E-state index in [4.69, 9.17) is 23.8 Å². The van der Waals surface area contributed by atoms with Crippen molar-refractivity contribution in [3.63, 3.8) is 0 Å². The molecule has 0 spiro atoms. The van der Waals surface area contributed by atoms with E-state index in [2.05, 4.69) is 17.8 Å². The van der Waals surface area contributed by atoms with Gasteiger partial charge >= 0.3 is 6.09 Å². The lowest BCUT2D eigenvalue weighted by Gasteiger charge is -2.59. The van der Waals surface area contributed by atoms with Crippen LogP contribution in [0.1, 0.15) is 63.4 Å². The Hall–Kier alpha value is -4.89. The molecule has 2 N–H and O–H groups in total. The number of benzene rings is 3. The molecule has 0 radical (unpaired) electrons. The minimum atomic E-state index is -1.46. The first-order chi connectivity index (χ1) is 28.2. The van der Waals surface area contributed by atoms with Crippen LogP contribution >= 0.6 is 11.8 Å². The number of ether oxygens (including phenoxy) is 4. The van der Waals surface area contributed by atoms with Gasteiger partial charge in [-0.3, -0.25) is 10.1 Å². The summed E-state index contributed by atoms with van der Waals surface area (Å²) in [6, 6.07) is 18.3. The number of amides is 1. The van der Waals surface area contributed by atoms with Crippen LogP contribution in [0.3, 0.4) is 0 Å². The normalized spacial score (nSPS) is 23.8. The van der Waals surface area contributed by atoms with Gasteiger partial charge in [-0.15, -0.1) is 18.3 Å². The maximum atomic E-state index is 14.1. The fraction of sp³-hybridized carbons (Fsp3) is 0.455. The Bertz CT molecular complexity index is 1960. The molecule has 1 heterocycles. The predicted octanol–water partition coefficient (Wildman–Crippen LogP) is 8.89. The molecule has 2 aliphatic carbocycles. The SMILES string of the molecule is C=CCO[C@@]12Oc3ccc(Oc4ccc(SC)cc4)cc3[C@H]3[C@H](CCCCO)[C@@H](CCCCO)C=C(C(=NOCC)C[C@@H]1N(C)C(=O)Oc1ccc([N+](=O)[O-])cc1)[C@H]32. The van der Waals surface area contributed by atoms with E-state index in [1.54, 1.807) is 24.9 Å². The summed E-state index contributed by atoms with van der Waals surface area (Å²) in [6.07, 6.45) is 9.94. The number of hydrogen-bond donors (Lipinski definition) is 2. The third-order valence-electron chi connectivity index (χ3n) is 11.3. The van der Waals surface area contributed by atoms with E-state index in [0.717, 1.165) is 41.7 Å². The van der Waals surface area contributed by atoms with Gasteiger partial charge in [0, 0.05) is 55.2 Å². The van der Waals surface area contributed by atoms with Gasteiger partial charge in [-0.1, -0.05) is 30.1 Å². The molecule has 1 saturated carbocycles. The van der Waals surface area contributed by atoms with E-state index in [-0.39, 0.29) is 55.4 Å². The third-order valence-corrected chi connectivity index (χ3v) is 12.0. The number of non-ortho nitro benzene ring substituents is 1. The smallest absolute Gasteiger partial charge is 0.415 e. The summed E-state index contributed by atoms with van der Waals surface area (Å²) in [5.41, 5.74) is 2.37. The van der Waals surface area contributed by atoms with Gasteiger partial charge < -0.3 is 38.9 Å². The second kappa shape index (κ2) is 19.7. The zero-order valence-corrected chi connectivity index (χ0v) is 34.1. The second-order valence-electron chi connectivity index (χ2n) is 14.7. The van der Waals surface area contributed by atoms with Crippen LogP contribution in [0, 0.1) is 27.9 Å². The highest BCUT2D eigenvalue weighted by Gasteiger charge is 2.65. The number of hydrogen-bond acceptors (Lipinski definition) is 12. The van der Waals surface area contributed by atoms with Crippen LogP contribution in [0.4, 0.5) is 10.5 Å². The lowest BCUT2D eigenvalue weighted by Crippen LogP contribution is -2.69. The molecule has 310 valence electrons. The van der Waals surface area contributed by atoms with Gasteiger partial charge in [-0.25, -0.2) is 4.79 Å². The quantitative estimate of drug-likeness (QED) is 0.0391. The first-order valence-corrected chi connectivity index (χ1v) is 21.1. The maximum Gasteiger partial charge on any atom is 0.415 e. The number of nitro benzene ring substituents is 1. The van der Waals surface area contributed by atoms with Crippen molar-refractivity contribution in [2.24, 2.45) is 22.9 Å². The Morgan fingerprint density at radius 1 is 1.03 bits per heavy atom. The van der Waals surface area contributed by atoms with Crippen LogP contribution in [0.5, 0.6) is 23.0 Å². The van der Waals surface area contributed by atoms with Gasteiger partial charge in [0.2, 0.25) is 5.79 Å². The molecular weight excluding hydrogens is 763 g/mol. The number of fused-ring (bicyclic) bond motifs is 2. The summed E-state index contributed by atoms with van der Waals surface area (Å²) in [5, 5.41) is 35.6. The molecule has 3 aliphatic rings. The molecule has 6 rings (SSSR count). The molecule has 0 aromatic heterocycles. The third kappa shape index (κ3) is 9.20. The number of oxime groups is 1. The van der Waals surface area contributed by atoms with Gasteiger partial charge in [-0.2, -0.15) is 0 Å². The fourth-order valence-corrected chi connectivity index (χ4v) is 9.06. The van der Waals surface area contributed by atoms with Crippen molar-refractivity contribution in [2.45, 2.75) is 74.5 Å². The molecule has 6 atom stereocenters. The number of nitrogens with zero attached hydrogens (tertiary/aromatic N) is 3. The van der Waals surface area contributed by atoms with Crippen LogP contribution in [-0.4, -0.2) is 83.4 Å². The molecule has 13 nitrogen and oxygen atoms in total. The number of rotatable bonds is 19. The number of aliphatic hydroxyl groups excluding tert-OH is 2. The van der Waals surface area contributed by atoms with Gasteiger partial charge in [0.25, 0.3) is 5.69 Å². The number of allylic oxidation sites excluding steroid dienone is 1. The summed E-state index contributed by atoms with van der Waals surface area (Å²) >= 11 is 1.66. The average Bonchev–Trinajstić information content (AvgIpc) is 3.23. The molecule has 3 aromatic carbocycles. The Morgan fingerprint density at radius 3 is 2.38 bits per heavy atom. The highest BCUT2D eigenvalue weighted by molar-refractivity contribution is 7.98. The molecule has 0 bridgehead atoms. The van der Waals surface area contributed by atoms with Gasteiger partial charge in [-0.05, 0) is 111 Å². The molecule has 14 heteroatoms. The number of carbonyl (C=O) groups excluding carboxylic acids is 1. The predicted molar refractivity (Wildman–Crippen MR) is 222 cm³/mol. The number of likely N-dealkylation sites (N-methyl/N-ethyl adjacent to an activating group) is 1. The van der Waals surface area contributed by atoms with Crippen molar-refractivity contribution in [1.29, 1.82) is 0 Å². The molecule has 58 heavy (non-hydrogen) atoms. The Kier molecular flexibility index (Phi) is 14.5. The molecule has 0 unspecified atom stereocenters. The lowest BCUT2D eigenvalue weighted by atomic mass is 9.55. The molecule has 0 saturated heterocycles. The summed E-state index contributed by atoms with van der Waals surface area (Å²) in [6.45, 7) is 6.42. The van der Waals surface area contributed by atoms with E-state index in [1.807, 2.05) is 55.6 Å². The number of unbranched alkanes of at least 4 members (excludes halogenated alkanes) is 2. The van der Waals surface area contributed by atoms with Crippen molar-refractivity contribution in [2.75, 3.05) is 39.7 Å². The van der Waals surface area contributed by atoms with Crippen molar-refractivity contribution in [3.8, 4) is 23.0 Å². The minimum absolute atomic E-state index is 0.0360. The zero-order valence-electron chi connectivity index (χ0n) is 33.3. The van der Waals surface area contributed by atoms with Crippen LogP contribution < -0.4 is 14.2 Å². The minimum Gasteiger partial charge on any atom is -0.459 e. The monoisotopic (exact) mass is 815 g/mol. The van der Waals surface area contributed by atoms with E-state index in [1.165, 1.54) is 29.2 Å². The number of aliphatic hydroxyl groups is 2. The number of carbonyl (C=O) groups is 1. The van der Waals surface area contributed by atoms with Crippen LogP contribution in [0.15, 0.2) is 101 Å². The standard InChI is InChI=1S/C44H53N3O10S/c1-5-25-53-44-40(46(3)43(50)56-32-15-13-30(14-16-32)47(51)52)28-38(45-54-6-2)36-26-29(11-7-9-23-48)35(12-8-10-24-49)41(42(36)44)37-27-33(19-22-39(37)57-44)55-31-17-20-34(58-4)21-18-31/h5,13-22,26-27,29,35,40-42,48-49H,1,6-12,23-25,28H2,2-4H3/t29-,35+,40-,41+,42+,44+/m0/s1. The molecule has 1 aliphatic heterocycles. The van der Waals surface area contributed by atoms with E-state index in [0.29, 0.717) is 42.4 Å². The average molecular weight is 816 g/mol. The van der Waals surface area contributed by atoms with Crippen molar-refractivity contribution < 1.29 is 43.7 Å². The summed E-state index contributed by atoms with van der Waals surface area (Å²) in [5.74, 6) is -0.0345. The second-order valence-corrected chi connectivity index (χ2v) is 15.6. The largest absolute Gasteiger partial charge is 0.459 e. The van der Waals surface area contributed by atoms with Crippen LogP contribution in [0.2, 0.25) is 0 Å². The maximum absolute atomic E-state index is 14.1. The molecular formula is C44H53N3O10S. The lowest BCUT2D eigenvalue weighted by molar-refractivity contribution is -0.384.